The molecule has 0 bridgehead atoms. The molecule has 1 aromatic rings. The molecule has 1 unspecified atom stereocenters. The van der Waals surface area contributed by atoms with E-state index in [0.717, 1.165) is 25.7 Å². The lowest BCUT2D eigenvalue weighted by Crippen LogP contribution is -2.43. The first kappa shape index (κ1) is 14.0. The van der Waals surface area contributed by atoms with Gasteiger partial charge in [-0.25, -0.2) is 0 Å². The largest absolute Gasteiger partial charge is 0.375 e. The molecule has 0 aromatic carbocycles. The molecular weight excluding hydrogens is 274 g/mol. The van der Waals surface area contributed by atoms with E-state index >= 15 is 0 Å². The minimum Gasteiger partial charge on any atom is -0.375 e. The second-order valence-corrected chi connectivity index (χ2v) is 6.39. The fourth-order valence-electron chi connectivity index (χ4n) is 3.56. The number of ketones is 1. The molecule has 1 saturated heterocycles. The van der Waals surface area contributed by atoms with Crippen molar-refractivity contribution >= 4 is 17.4 Å². The van der Waals surface area contributed by atoms with E-state index in [1.807, 2.05) is 0 Å². The number of rotatable bonds is 2. The lowest BCUT2D eigenvalue weighted by molar-refractivity contribution is -0.111. The molecule has 1 saturated carbocycles. The molecule has 2 heterocycles. The van der Waals surface area contributed by atoms with Crippen LogP contribution < -0.4 is 0 Å². The fourth-order valence-corrected chi connectivity index (χ4v) is 3.77. The molecule has 1 aromatic heterocycles. The second-order valence-electron chi connectivity index (χ2n) is 5.98. The highest BCUT2D eigenvalue weighted by molar-refractivity contribution is 6.33. The minimum absolute atomic E-state index is 0.00856. The average molecular weight is 294 g/mol. The van der Waals surface area contributed by atoms with Crippen LogP contribution in [-0.2, 0) is 4.74 Å². The zero-order valence-corrected chi connectivity index (χ0v) is 12.4. The number of pyridine rings is 1. The topological polar surface area (TPSA) is 39.2 Å². The monoisotopic (exact) mass is 293 g/mol. The summed E-state index contributed by atoms with van der Waals surface area (Å²) < 4.78 is 6.05. The highest BCUT2D eigenvalue weighted by Crippen LogP contribution is 2.41. The normalized spacial score (nSPS) is 25.6. The Morgan fingerprint density at radius 1 is 1.35 bits per heavy atom. The van der Waals surface area contributed by atoms with Gasteiger partial charge in [0.2, 0.25) is 0 Å². The average Bonchev–Trinajstić information content (AvgIpc) is 2.48. The summed E-state index contributed by atoms with van der Waals surface area (Å²) in [5.41, 5.74) is 0.366. The van der Waals surface area contributed by atoms with Crippen molar-refractivity contribution in [1.82, 2.24) is 4.98 Å². The van der Waals surface area contributed by atoms with Gasteiger partial charge in [0, 0.05) is 18.7 Å². The lowest BCUT2D eigenvalue weighted by atomic mass is 9.74. The third-order valence-electron chi connectivity index (χ3n) is 4.62. The first-order valence-corrected chi connectivity index (χ1v) is 7.87. The Labute approximate surface area is 124 Å². The number of halogens is 1. The number of carbonyl (C=O) groups is 1. The van der Waals surface area contributed by atoms with Crippen LogP contribution >= 0.6 is 11.6 Å². The second kappa shape index (κ2) is 5.82. The van der Waals surface area contributed by atoms with Crippen LogP contribution in [0.1, 0.15) is 55.4 Å². The molecule has 1 aliphatic heterocycles. The molecule has 1 spiro atoms. The molecule has 1 aliphatic carbocycles. The molecule has 3 nitrogen and oxygen atoms in total. The Morgan fingerprint density at radius 2 is 2.15 bits per heavy atom. The Hall–Kier alpha value is -0.930. The molecule has 0 radical (unpaired) electrons. The van der Waals surface area contributed by atoms with Crippen molar-refractivity contribution in [2.45, 2.75) is 50.5 Å². The molecule has 3 rings (SSSR count). The molecular formula is C16H20ClNO2. The van der Waals surface area contributed by atoms with Crippen LogP contribution in [0.3, 0.4) is 0 Å². The van der Waals surface area contributed by atoms with Crippen LogP contribution in [0.2, 0.25) is 5.02 Å². The first-order chi connectivity index (χ1) is 9.70. The Balaban J connectivity index is 1.77. The van der Waals surface area contributed by atoms with E-state index in [0.29, 0.717) is 17.3 Å². The van der Waals surface area contributed by atoms with E-state index in [-0.39, 0.29) is 17.3 Å². The maximum absolute atomic E-state index is 12.6. The van der Waals surface area contributed by atoms with Crippen LogP contribution in [0, 0.1) is 5.92 Å². The molecule has 0 amide bonds. The van der Waals surface area contributed by atoms with Crippen LogP contribution in [0.25, 0.3) is 0 Å². The van der Waals surface area contributed by atoms with Crippen LogP contribution in [0.5, 0.6) is 0 Å². The summed E-state index contributed by atoms with van der Waals surface area (Å²) in [5.74, 6) is 0.0955. The van der Waals surface area contributed by atoms with E-state index in [4.69, 9.17) is 16.3 Å². The zero-order chi connectivity index (χ0) is 14.0. The molecule has 2 fully saturated rings. The first-order valence-electron chi connectivity index (χ1n) is 7.49. The molecule has 2 aliphatic rings. The van der Waals surface area contributed by atoms with Crippen LogP contribution in [0.15, 0.2) is 18.3 Å². The minimum atomic E-state index is -0.0575. The van der Waals surface area contributed by atoms with Gasteiger partial charge >= 0.3 is 0 Å². The highest BCUT2D eigenvalue weighted by Gasteiger charge is 2.41. The summed E-state index contributed by atoms with van der Waals surface area (Å²) >= 11 is 6.10. The van der Waals surface area contributed by atoms with Gasteiger partial charge in [0.15, 0.2) is 5.78 Å². The number of carbonyl (C=O) groups excluding carboxylic acids is 1. The summed E-state index contributed by atoms with van der Waals surface area (Å²) in [7, 11) is 0. The third-order valence-corrected chi connectivity index (χ3v) is 4.93. The lowest BCUT2D eigenvalue weighted by Gasteiger charge is -2.43. The smallest absolute Gasteiger partial charge is 0.185 e. The van der Waals surface area contributed by atoms with Gasteiger partial charge in [-0.1, -0.05) is 30.9 Å². The predicted octanol–water partition coefficient (Wildman–Crippen LogP) is 4.05. The van der Waals surface area contributed by atoms with E-state index in [2.05, 4.69) is 4.98 Å². The molecule has 20 heavy (non-hydrogen) atoms. The van der Waals surface area contributed by atoms with Gasteiger partial charge in [-0.3, -0.25) is 9.78 Å². The molecule has 108 valence electrons. The zero-order valence-electron chi connectivity index (χ0n) is 11.6. The Bertz CT molecular complexity index is 491. The van der Waals surface area contributed by atoms with E-state index < -0.39 is 0 Å². The standard InChI is InChI=1S/C16H20ClNO2/c17-13-5-4-9-18-14(13)15(19)12-6-10-20-16(11-12)7-2-1-3-8-16/h4-5,9,12H,1-3,6-8,10-11H2. The van der Waals surface area contributed by atoms with Crippen LogP contribution in [0.4, 0.5) is 0 Å². The summed E-state index contributed by atoms with van der Waals surface area (Å²) in [6.45, 7) is 0.681. The van der Waals surface area contributed by atoms with Gasteiger partial charge in [-0.05, 0) is 37.8 Å². The Kier molecular flexibility index (Phi) is 4.08. The van der Waals surface area contributed by atoms with Gasteiger partial charge in [-0.15, -0.1) is 0 Å². The van der Waals surface area contributed by atoms with Crippen molar-refractivity contribution in [2.24, 2.45) is 5.92 Å². The highest BCUT2D eigenvalue weighted by atomic mass is 35.5. The molecule has 1 atom stereocenters. The number of ether oxygens (including phenoxy) is 1. The molecule has 4 heteroatoms. The maximum atomic E-state index is 12.6. The summed E-state index contributed by atoms with van der Waals surface area (Å²) in [6, 6.07) is 3.49. The van der Waals surface area contributed by atoms with Crippen molar-refractivity contribution in [3.05, 3.63) is 29.0 Å². The number of hydrogen-bond donors (Lipinski definition) is 0. The van der Waals surface area contributed by atoms with Crippen molar-refractivity contribution in [3.63, 3.8) is 0 Å². The van der Waals surface area contributed by atoms with Gasteiger partial charge < -0.3 is 4.74 Å². The maximum Gasteiger partial charge on any atom is 0.185 e. The van der Waals surface area contributed by atoms with Gasteiger partial charge in [0.05, 0.1) is 10.6 Å². The summed E-state index contributed by atoms with van der Waals surface area (Å²) in [4.78, 5) is 16.8. The fraction of sp³-hybridized carbons (Fsp3) is 0.625. The predicted molar refractivity (Wildman–Crippen MR) is 78.1 cm³/mol. The number of aromatic nitrogens is 1. The number of hydrogen-bond acceptors (Lipinski definition) is 3. The summed E-state index contributed by atoms with van der Waals surface area (Å²) in [6.07, 6.45) is 9.15. The SMILES string of the molecule is O=C(c1ncccc1Cl)C1CCOC2(CCCCC2)C1. The van der Waals surface area contributed by atoms with Crippen molar-refractivity contribution in [1.29, 1.82) is 0 Å². The quantitative estimate of drug-likeness (QED) is 0.772. The van der Waals surface area contributed by atoms with Gasteiger partial charge in [0.1, 0.15) is 5.69 Å². The van der Waals surface area contributed by atoms with Crippen LogP contribution in [-0.4, -0.2) is 23.0 Å². The van der Waals surface area contributed by atoms with Gasteiger partial charge in [0.25, 0.3) is 0 Å². The number of nitrogens with zero attached hydrogens (tertiary/aromatic N) is 1. The van der Waals surface area contributed by atoms with Crippen molar-refractivity contribution in [3.8, 4) is 0 Å². The van der Waals surface area contributed by atoms with Crippen molar-refractivity contribution < 1.29 is 9.53 Å². The van der Waals surface area contributed by atoms with E-state index in [9.17, 15) is 4.79 Å². The number of Topliss-reactive ketones (excluding diaryl/α,β-unsaturated/α-hetero) is 1. The molecule has 0 N–H and O–H groups in total. The van der Waals surface area contributed by atoms with Gasteiger partial charge in [-0.2, -0.15) is 0 Å². The Morgan fingerprint density at radius 3 is 2.90 bits per heavy atom. The van der Waals surface area contributed by atoms with Crippen molar-refractivity contribution in [2.75, 3.05) is 6.61 Å². The third kappa shape index (κ3) is 2.75. The van der Waals surface area contributed by atoms with E-state index in [1.165, 1.54) is 19.3 Å². The summed E-state index contributed by atoms with van der Waals surface area (Å²) in [5, 5.41) is 0.460. The van der Waals surface area contributed by atoms with E-state index in [1.54, 1.807) is 18.3 Å².